The summed E-state index contributed by atoms with van der Waals surface area (Å²) in [5, 5.41) is 3.41. The van der Waals surface area contributed by atoms with Gasteiger partial charge in [0.1, 0.15) is 0 Å². The van der Waals surface area contributed by atoms with Crippen molar-refractivity contribution in [2.75, 3.05) is 19.7 Å². The quantitative estimate of drug-likeness (QED) is 0.694. The Labute approximate surface area is 79.8 Å². The summed E-state index contributed by atoms with van der Waals surface area (Å²) in [6, 6.07) is 0. The molecule has 1 N–H and O–H groups in total. The lowest BCUT2D eigenvalue weighted by molar-refractivity contribution is -0.101. The van der Waals surface area contributed by atoms with Gasteiger partial charge in [0.15, 0.2) is 0 Å². The van der Waals surface area contributed by atoms with Crippen molar-refractivity contribution in [2.24, 2.45) is 0 Å². The summed E-state index contributed by atoms with van der Waals surface area (Å²) in [7, 11) is 0. The Morgan fingerprint density at radius 3 is 2.92 bits per heavy atom. The lowest BCUT2D eigenvalue weighted by Gasteiger charge is -2.33. The summed E-state index contributed by atoms with van der Waals surface area (Å²) in [5.41, 5.74) is 0. The van der Waals surface area contributed by atoms with Gasteiger partial charge in [-0.1, -0.05) is 6.92 Å². The lowest BCUT2D eigenvalue weighted by atomic mass is 10.1. The van der Waals surface area contributed by atoms with Crippen LogP contribution in [0.2, 0.25) is 0 Å². The van der Waals surface area contributed by atoms with Crippen molar-refractivity contribution in [1.29, 1.82) is 0 Å². The smallest absolute Gasteiger partial charge is 0.0964 e. The maximum absolute atomic E-state index is 5.93. The van der Waals surface area contributed by atoms with Gasteiger partial charge in [0, 0.05) is 19.7 Å². The molecule has 3 heteroatoms. The van der Waals surface area contributed by atoms with E-state index in [9.17, 15) is 0 Å². The highest BCUT2D eigenvalue weighted by atomic mass is 16.6. The summed E-state index contributed by atoms with van der Waals surface area (Å²) in [6.07, 6.45) is 4.49. The average molecular weight is 185 g/mol. The van der Waals surface area contributed by atoms with Crippen LogP contribution >= 0.6 is 0 Å². The molecular weight excluding hydrogens is 166 g/mol. The first kappa shape index (κ1) is 9.44. The molecule has 0 spiro atoms. The summed E-state index contributed by atoms with van der Waals surface area (Å²) < 4.78 is 11.6. The minimum Gasteiger partial charge on any atom is -0.375 e. The van der Waals surface area contributed by atoms with Gasteiger partial charge in [0.25, 0.3) is 0 Å². The van der Waals surface area contributed by atoms with E-state index in [1.54, 1.807) is 0 Å². The van der Waals surface area contributed by atoms with E-state index < -0.39 is 0 Å². The molecule has 2 aliphatic rings. The Morgan fingerprint density at radius 1 is 1.31 bits per heavy atom. The third-order valence-corrected chi connectivity index (χ3v) is 2.92. The van der Waals surface area contributed by atoms with Crippen molar-refractivity contribution in [3.05, 3.63) is 0 Å². The van der Waals surface area contributed by atoms with Crippen molar-refractivity contribution in [3.8, 4) is 0 Å². The van der Waals surface area contributed by atoms with Gasteiger partial charge in [0.05, 0.1) is 18.3 Å². The normalized spacial score (nSPS) is 40.8. The van der Waals surface area contributed by atoms with Crippen LogP contribution in [0.25, 0.3) is 0 Å². The fourth-order valence-electron chi connectivity index (χ4n) is 2.09. The van der Waals surface area contributed by atoms with Crippen LogP contribution in [0.3, 0.4) is 0 Å². The van der Waals surface area contributed by atoms with Crippen LogP contribution in [0, 0.1) is 0 Å². The highest BCUT2D eigenvalue weighted by molar-refractivity contribution is 4.82. The van der Waals surface area contributed by atoms with E-state index in [-0.39, 0.29) is 0 Å². The number of hydrogen-bond acceptors (Lipinski definition) is 3. The topological polar surface area (TPSA) is 30.5 Å². The van der Waals surface area contributed by atoms with E-state index >= 15 is 0 Å². The van der Waals surface area contributed by atoms with Crippen LogP contribution in [0.15, 0.2) is 0 Å². The summed E-state index contributed by atoms with van der Waals surface area (Å²) in [6.45, 7) is 5.05. The van der Waals surface area contributed by atoms with Crippen molar-refractivity contribution >= 4 is 0 Å². The molecule has 2 aliphatic heterocycles. The summed E-state index contributed by atoms with van der Waals surface area (Å²) in [4.78, 5) is 0. The van der Waals surface area contributed by atoms with Gasteiger partial charge in [-0.05, 0) is 19.3 Å². The van der Waals surface area contributed by atoms with E-state index in [0.717, 1.165) is 26.1 Å². The largest absolute Gasteiger partial charge is 0.375 e. The van der Waals surface area contributed by atoms with Crippen LogP contribution in [0.5, 0.6) is 0 Å². The molecule has 0 radical (unpaired) electrons. The maximum atomic E-state index is 5.93. The van der Waals surface area contributed by atoms with Gasteiger partial charge in [-0.15, -0.1) is 0 Å². The molecule has 0 aliphatic carbocycles. The molecule has 0 amide bonds. The molecule has 2 fully saturated rings. The van der Waals surface area contributed by atoms with Crippen molar-refractivity contribution < 1.29 is 9.47 Å². The fraction of sp³-hybridized carbons (Fsp3) is 1.00. The Morgan fingerprint density at radius 2 is 2.23 bits per heavy atom. The minimum absolute atomic E-state index is 0.293. The number of rotatable bonds is 2. The molecule has 13 heavy (non-hydrogen) atoms. The van der Waals surface area contributed by atoms with E-state index in [1.165, 1.54) is 12.8 Å². The van der Waals surface area contributed by atoms with Crippen LogP contribution in [-0.2, 0) is 9.47 Å². The maximum Gasteiger partial charge on any atom is 0.0964 e. The van der Waals surface area contributed by atoms with Crippen LogP contribution in [0.1, 0.15) is 26.2 Å². The SMILES string of the molecule is CCC1CNCC(C2CCCO2)O1. The minimum atomic E-state index is 0.293. The first-order valence-corrected chi connectivity index (χ1v) is 5.38. The first-order chi connectivity index (χ1) is 6.40. The number of morpholine rings is 1. The second kappa shape index (κ2) is 4.40. The molecule has 76 valence electrons. The molecule has 0 aromatic carbocycles. The molecule has 0 saturated carbocycles. The molecular formula is C10H19NO2. The molecule has 3 unspecified atom stereocenters. The number of ether oxygens (including phenoxy) is 2. The zero-order valence-corrected chi connectivity index (χ0v) is 8.29. The number of nitrogens with one attached hydrogen (secondary N) is 1. The third kappa shape index (κ3) is 2.22. The summed E-state index contributed by atoms with van der Waals surface area (Å²) >= 11 is 0. The van der Waals surface area contributed by atoms with Gasteiger partial charge in [-0.25, -0.2) is 0 Å². The van der Waals surface area contributed by atoms with Gasteiger partial charge >= 0.3 is 0 Å². The Balaban J connectivity index is 1.84. The van der Waals surface area contributed by atoms with Gasteiger partial charge in [0.2, 0.25) is 0 Å². The van der Waals surface area contributed by atoms with Crippen LogP contribution < -0.4 is 5.32 Å². The van der Waals surface area contributed by atoms with E-state index in [1.807, 2.05) is 0 Å². The lowest BCUT2D eigenvalue weighted by Crippen LogP contribution is -2.49. The standard InChI is InChI=1S/C10H19NO2/c1-2-8-6-11-7-10(13-8)9-4-3-5-12-9/h8-11H,2-7H2,1H3. The van der Waals surface area contributed by atoms with Gasteiger partial charge < -0.3 is 14.8 Å². The van der Waals surface area contributed by atoms with E-state index in [0.29, 0.717) is 18.3 Å². The predicted molar refractivity (Wildman–Crippen MR) is 50.8 cm³/mol. The predicted octanol–water partition coefficient (Wildman–Crippen LogP) is 0.932. The molecule has 0 aromatic rings. The zero-order valence-electron chi connectivity index (χ0n) is 8.29. The molecule has 3 atom stereocenters. The Bertz CT molecular complexity index is 157. The monoisotopic (exact) mass is 185 g/mol. The van der Waals surface area contributed by atoms with E-state index in [4.69, 9.17) is 9.47 Å². The third-order valence-electron chi connectivity index (χ3n) is 2.92. The van der Waals surface area contributed by atoms with Crippen LogP contribution in [0.4, 0.5) is 0 Å². The van der Waals surface area contributed by atoms with Crippen molar-refractivity contribution in [1.82, 2.24) is 5.32 Å². The molecule has 2 heterocycles. The summed E-state index contributed by atoms with van der Waals surface area (Å²) in [5.74, 6) is 0. The Hall–Kier alpha value is -0.120. The van der Waals surface area contributed by atoms with E-state index in [2.05, 4.69) is 12.2 Å². The fourth-order valence-corrected chi connectivity index (χ4v) is 2.09. The molecule has 0 bridgehead atoms. The zero-order chi connectivity index (χ0) is 9.10. The highest BCUT2D eigenvalue weighted by Crippen LogP contribution is 2.20. The number of hydrogen-bond donors (Lipinski definition) is 1. The molecule has 2 rings (SSSR count). The van der Waals surface area contributed by atoms with Crippen LogP contribution in [-0.4, -0.2) is 38.0 Å². The van der Waals surface area contributed by atoms with Crippen molar-refractivity contribution in [2.45, 2.75) is 44.5 Å². The van der Waals surface area contributed by atoms with Gasteiger partial charge in [-0.2, -0.15) is 0 Å². The van der Waals surface area contributed by atoms with Crippen molar-refractivity contribution in [3.63, 3.8) is 0 Å². The Kier molecular flexibility index (Phi) is 3.19. The second-order valence-electron chi connectivity index (χ2n) is 3.91. The highest BCUT2D eigenvalue weighted by Gasteiger charge is 2.30. The molecule has 3 nitrogen and oxygen atoms in total. The molecule has 2 saturated heterocycles. The average Bonchev–Trinajstić information content (AvgIpc) is 2.71. The second-order valence-corrected chi connectivity index (χ2v) is 3.91. The first-order valence-electron chi connectivity index (χ1n) is 5.38. The molecule has 0 aromatic heterocycles. The van der Waals surface area contributed by atoms with Gasteiger partial charge in [-0.3, -0.25) is 0 Å².